The summed E-state index contributed by atoms with van der Waals surface area (Å²) in [6.45, 7) is 3.30. The highest BCUT2D eigenvalue weighted by molar-refractivity contribution is 7.91. The lowest BCUT2D eigenvalue weighted by Crippen LogP contribution is -2.20. The number of rotatable bonds is 3. The molecule has 0 amide bonds. The van der Waals surface area contributed by atoms with Crippen LogP contribution in [-0.2, 0) is 9.84 Å². The first kappa shape index (κ1) is 12.7. The molecular formula is C10H14ClN3O2S. The van der Waals surface area contributed by atoms with Crippen molar-refractivity contribution in [3.05, 3.63) is 16.9 Å². The number of sulfone groups is 1. The van der Waals surface area contributed by atoms with Crippen molar-refractivity contribution in [1.82, 2.24) is 15.3 Å². The van der Waals surface area contributed by atoms with Crippen molar-refractivity contribution < 1.29 is 8.42 Å². The van der Waals surface area contributed by atoms with E-state index in [0.717, 1.165) is 19.5 Å². The third-order valence-corrected chi connectivity index (χ3v) is 4.54. The quantitative estimate of drug-likeness (QED) is 0.653. The Kier molecular flexibility index (Phi) is 3.65. The van der Waals surface area contributed by atoms with Gasteiger partial charge in [-0.3, -0.25) is 0 Å². The van der Waals surface area contributed by atoms with Gasteiger partial charge in [-0.05, 0) is 38.4 Å². The van der Waals surface area contributed by atoms with Crippen LogP contribution in [0.5, 0.6) is 0 Å². The lowest BCUT2D eigenvalue weighted by atomic mass is 10.2. The van der Waals surface area contributed by atoms with E-state index in [2.05, 4.69) is 15.3 Å². The van der Waals surface area contributed by atoms with Crippen LogP contribution >= 0.6 is 11.6 Å². The first-order chi connectivity index (χ1) is 7.97. The van der Waals surface area contributed by atoms with Crippen molar-refractivity contribution in [2.75, 3.05) is 18.8 Å². The Balaban J connectivity index is 2.24. The molecule has 0 aliphatic carbocycles. The van der Waals surface area contributed by atoms with Gasteiger partial charge in [0.05, 0.1) is 5.75 Å². The molecule has 2 heterocycles. The van der Waals surface area contributed by atoms with Gasteiger partial charge in [0, 0.05) is 5.69 Å². The van der Waals surface area contributed by atoms with Crippen LogP contribution in [0.25, 0.3) is 0 Å². The topological polar surface area (TPSA) is 72.0 Å². The molecule has 0 unspecified atom stereocenters. The van der Waals surface area contributed by atoms with Gasteiger partial charge in [0.2, 0.25) is 15.0 Å². The van der Waals surface area contributed by atoms with Gasteiger partial charge in [0.25, 0.3) is 0 Å². The second-order valence-electron chi connectivity index (χ2n) is 4.25. The molecule has 0 aromatic carbocycles. The normalized spacial score (nSPS) is 20.7. The van der Waals surface area contributed by atoms with E-state index in [9.17, 15) is 8.42 Å². The van der Waals surface area contributed by atoms with E-state index >= 15 is 0 Å². The molecule has 1 fully saturated rings. The minimum atomic E-state index is -3.44. The molecule has 1 saturated heterocycles. The molecule has 1 N–H and O–H groups in total. The van der Waals surface area contributed by atoms with Crippen LogP contribution in [0.15, 0.2) is 11.2 Å². The Bertz CT molecular complexity index is 492. The number of hydrogen-bond acceptors (Lipinski definition) is 5. The monoisotopic (exact) mass is 275 g/mol. The number of aromatic nitrogens is 2. The third-order valence-electron chi connectivity index (χ3n) is 2.70. The van der Waals surface area contributed by atoms with Crippen molar-refractivity contribution in [2.45, 2.75) is 18.5 Å². The number of hydrogen-bond donors (Lipinski definition) is 1. The zero-order valence-electron chi connectivity index (χ0n) is 9.48. The lowest BCUT2D eigenvalue weighted by Gasteiger charge is -2.08. The molecule has 0 spiro atoms. The Morgan fingerprint density at radius 1 is 1.53 bits per heavy atom. The van der Waals surface area contributed by atoms with E-state index in [1.54, 1.807) is 6.92 Å². The second-order valence-corrected chi connectivity index (χ2v) is 6.57. The molecule has 2 rings (SSSR count). The molecule has 1 atom stereocenters. The van der Waals surface area contributed by atoms with Gasteiger partial charge in [-0.25, -0.2) is 18.4 Å². The number of nitrogens with zero attached hydrogens (tertiary/aromatic N) is 2. The highest BCUT2D eigenvalue weighted by atomic mass is 35.5. The molecule has 1 aliphatic rings. The van der Waals surface area contributed by atoms with Crippen LogP contribution in [0.4, 0.5) is 0 Å². The highest BCUT2D eigenvalue weighted by Crippen LogP contribution is 2.17. The largest absolute Gasteiger partial charge is 0.316 e. The first-order valence-corrected chi connectivity index (χ1v) is 7.45. The molecule has 1 aliphatic heterocycles. The van der Waals surface area contributed by atoms with Crippen molar-refractivity contribution in [2.24, 2.45) is 5.92 Å². The zero-order valence-corrected chi connectivity index (χ0v) is 11.1. The predicted molar refractivity (Wildman–Crippen MR) is 64.8 cm³/mol. The molecule has 94 valence electrons. The summed E-state index contributed by atoms with van der Waals surface area (Å²) in [5.74, 6) is 0.225. The van der Waals surface area contributed by atoms with E-state index in [4.69, 9.17) is 11.6 Å². The number of aryl methyl sites for hydroxylation is 1. The molecule has 0 bridgehead atoms. The minimum Gasteiger partial charge on any atom is -0.316 e. The fourth-order valence-corrected chi connectivity index (χ4v) is 3.75. The van der Waals surface area contributed by atoms with E-state index in [1.165, 1.54) is 6.07 Å². The Hall–Kier alpha value is -0.720. The summed E-state index contributed by atoms with van der Waals surface area (Å²) in [6, 6.07) is 1.54. The molecule has 1 aromatic rings. The van der Waals surface area contributed by atoms with E-state index < -0.39 is 9.84 Å². The summed E-state index contributed by atoms with van der Waals surface area (Å²) in [5.41, 5.74) is 0.563. The van der Waals surface area contributed by atoms with Gasteiger partial charge < -0.3 is 5.32 Å². The minimum absolute atomic E-state index is 0.0831. The van der Waals surface area contributed by atoms with Crippen LogP contribution in [0.1, 0.15) is 12.1 Å². The third kappa shape index (κ3) is 3.14. The average Bonchev–Trinajstić information content (AvgIpc) is 2.68. The van der Waals surface area contributed by atoms with Gasteiger partial charge in [-0.2, -0.15) is 0 Å². The van der Waals surface area contributed by atoms with Crippen LogP contribution < -0.4 is 5.32 Å². The van der Waals surface area contributed by atoms with Crippen molar-refractivity contribution in [1.29, 1.82) is 0 Å². The summed E-state index contributed by atoms with van der Waals surface area (Å²) in [6.07, 6.45) is 0.874. The second kappa shape index (κ2) is 4.88. The molecule has 0 radical (unpaired) electrons. The maximum atomic E-state index is 12.1. The fourth-order valence-electron chi connectivity index (χ4n) is 1.88. The maximum absolute atomic E-state index is 12.1. The standard InChI is InChI=1S/C10H14ClN3O2S/c1-7-4-9(11)14-10(13-7)17(15,16)6-8-2-3-12-5-8/h4,8,12H,2-3,5-6H2,1H3/t8-/m0/s1. The van der Waals surface area contributed by atoms with E-state index in [0.29, 0.717) is 5.69 Å². The van der Waals surface area contributed by atoms with Crippen LogP contribution in [-0.4, -0.2) is 37.2 Å². The fraction of sp³-hybridized carbons (Fsp3) is 0.600. The molecule has 0 saturated carbocycles. The molecule has 1 aromatic heterocycles. The lowest BCUT2D eigenvalue weighted by molar-refractivity contribution is 0.562. The molecule has 17 heavy (non-hydrogen) atoms. The van der Waals surface area contributed by atoms with Gasteiger partial charge in [-0.1, -0.05) is 11.6 Å². The van der Waals surface area contributed by atoms with Crippen molar-refractivity contribution in [3.8, 4) is 0 Å². The Morgan fingerprint density at radius 2 is 2.29 bits per heavy atom. The summed E-state index contributed by atoms with van der Waals surface area (Å²) in [5, 5.41) is 3.15. The van der Waals surface area contributed by atoms with Gasteiger partial charge >= 0.3 is 0 Å². The maximum Gasteiger partial charge on any atom is 0.248 e. The van der Waals surface area contributed by atoms with Crippen LogP contribution in [0.3, 0.4) is 0 Å². The molecule has 7 heteroatoms. The predicted octanol–water partition coefficient (Wildman–Crippen LogP) is 0.822. The first-order valence-electron chi connectivity index (χ1n) is 5.42. The van der Waals surface area contributed by atoms with E-state index in [1.807, 2.05) is 0 Å². The van der Waals surface area contributed by atoms with Crippen molar-refractivity contribution >= 4 is 21.4 Å². The Labute approximate surface area is 106 Å². The van der Waals surface area contributed by atoms with Crippen LogP contribution in [0, 0.1) is 12.8 Å². The Morgan fingerprint density at radius 3 is 2.88 bits per heavy atom. The molecular weight excluding hydrogens is 262 g/mol. The van der Waals surface area contributed by atoms with Gasteiger partial charge in [-0.15, -0.1) is 0 Å². The smallest absolute Gasteiger partial charge is 0.248 e. The summed E-state index contributed by atoms with van der Waals surface area (Å²) in [4.78, 5) is 7.74. The number of nitrogens with one attached hydrogen (secondary N) is 1. The van der Waals surface area contributed by atoms with Crippen LogP contribution in [0.2, 0.25) is 5.15 Å². The zero-order chi connectivity index (χ0) is 12.5. The van der Waals surface area contributed by atoms with Crippen molar-refractivity contribution in [3.63, 3.8) is 0 Å². The number of halogens is 1. The molecule has 5 nitrogen and oxygen atoms in total. The summed E-state index contributed by atoms with van der Waals surface area (Å²) < 4.78 is 24.2. The van der Waals surface area contributed by atoms with Gasteiger partial charge in [0.15, 0.2) is 0 Å². The average molecular weight is 276 g/mol. The van der Waals surface area contributed by atoms with E-state index in [-0.39, 0.29) is 22.0 Å². The summed E-state index contributed by atoms with van der Waals surface area (Å²) >= 11 is 5.74. The summed E-state index contributed by atoms with van der Waals surface area (Å²) in [7, 11) is -3.44. The van der Waals surface area contributed by atoms with Gasteiger partial charge in [0.1, 0.15) is 5.15 Å². The SMILES string of the molecule is Cc1cc(Cl)nc(S(=O)(=O)C[C@H]2CCNC2)n1. The highest BCUT2D eigenvalue weighted by Gasteiger charge is 2.26.